The summed E-state index contributed by atoms with van der Waals surface area (Å²) >= 11 is 0. The molecule has 2 N–H and O–H groups in total. The van der Waals surface area contributed by atoms with Crippen molar-refractivity contribution in [3.05, 3.63) is 65.1 Å². The molecule has 0 aliphatic carbocycles. The van der Waals surface area contributed by atoms with E-state index in [0.29, 0.717) is 5.56 Å². The van der Waals surface area contributed by atoms with E-state index in [-0.39, 0.29) is 11.9 Å². The highest BCUT2D eigenvalue weighted by atomic mass is 19.1. The minimum atomic E-state index is -0.304. The summed E-state index contributed by atoms with van der Waals surface area (Å²) in [5.41, 5.74) is 10.7. The number of fused-ring (bicyclic) bond motifs is 1. The summed E-state index contributed by atoms with van der Waals surface area (Å²) in [6.07, 6.45) is 0. The first-order valence-electron chi connectivity index (χ1n) is 7.36. The first-order valence-corrected chi connectivity index (χ1v) is 7.36. The van der Waals surface area contributed by atoms with Gasteiger partial charge in [0, 0.05) is 22.7 Å². The van der Waals surface area contributed by atoms with E-state index >= 15 is 0 Å². The number of benzene rings is 2. The molecule has 3 rings (SSSR count). The van der Waals surface area contributed by atoms with Gasteiger partial charge in [0.1, 0.15) is 5.82 Å². The van der Waals surface area contributed by atoms with Crippen molar-refractivity contribution in [2.75, 3.05) is 0 Å². The van der Waals surface area contributed by atoms with Crippen LogP contribution in [0.2, 0.25) is 0 Å². The van der Waals surface area contributed by atoms with Crippen molar-refractivity contribution in [1.82, 2.24) is 4.98 Å². The van der Waals surface area contributed by atoms with E-state index < -0.39 is 0 Å². The van der Waals surface area contributed by atoms with Crippen molar-refractivity contribution in [2.24, 2.45) is 5.73 Å². The van der Waals surface area contributed by atoms with Gasteiger partial charge in [0.05, 0.1) is 17.1 Å². The lowest BCUT2D eigenvalue weighted by Crippen LogP contribution is -2.07. The zero-order valence-corrected chi connectivity index (χ0v) is 13.0. The maximum atomic E-state index is 13.2. The largest absolute Gasteiger partial charge is 0.324 e. The molecule has 114 valence electrons. The maximum absolute atomic E-state index is 13.2. The van der Waals surface area contributed by atoms with E-state index in [1.54, 1.807) is 18.2 Å². The first kappa shape index (κ1) is 15.1. The molecule has 0 amide bonds. The second-order valence-corrected chi connectivity index (χ2v) is 5.68. The number of aromatic nitrogens is 1. The summed E-state index contributed by atoms with van der Waals surface area (Å²) in [5.74, 6) is -0.304. The van der Waals surface area contributed by atoms with Crippen LogP contribution in [0, 0.1) is 24.1 Å². The molecule has 0 fully saturated rings. The minimum absolute atomic E-state index is 0.145. The molecule has 1 unspecified atom stereocenters. The van der Waals surface area contributed by atoms with E-state index in [0.717, 1.165) is 33.3 Å². The number of nitriles is 1. The van der Waals surface area contributed by atoms with Crippen LogP contribution < -0.4 is 5.73 Å². The predicted molar refractivity (Wildman–Crippen MR) is 89.2 cm³/mol. The van der Waals surface area contributed by atoms with Crippen LogP contribution in [0.25, 0.3) is 22.0 Å². The molecule has 4 heteroatoms. The summed E-state index contributed by atoms with van der Waals surface area (Å²) in [4.78, 5) is 4.51. The summed E-state index contributed by atoms with van der Waals surface area (Å²) in [6, 6.07) is 13.8. The van der Waals surface area contributed by atoms with Gasteiger partial charge in [0.25, 0.3) is 0 Å². The quantitative estimate of drug-likeness (QED) is 0.770. The van der Waals surface area contributed by atoms with Crippen LogP contribution in [0.5, 0.6) is 0 Å². The number of rotatable bonds is 2. The van der Waals surface area contributed by atoms with Gasteiger partial charge in [-0.05, 0) is 55.3 Å². The van der Waals surface area contributed by atoms with Crippen molar-refractivity contribution in [2.45, 2.75) is 19.9 Å². The fraction of sp³-hybridized carbons (Fsp3) is 0.158. The zero-order valence-electron chi connectivity index (χ0n) is 13.0. The summed E-state index contributed by atoms with van der Waals surface area (Å²) in [7, 11) is 0. The number of aryl methyl sites for hydroxylation is 1. The molecule has 1 heterocycles. The molecule has 3 aromatic rings. The highest BCUT2D eigenvalue weighted by Crippen LogP contribution is 2.31. The third-order valence-corrected chi connectivity index (χ3v) is 3.87. The fourth-order valence-corrected chi connectivity index (χ4v) is 2.77. The van der Waals surface area contributed by atoms with E-state index in [9.17, 15) is 9.65 Å². The first-order chi connectivity index (χ1) is 11.0. The second kappa shape index (κ2) is 5.79. The molecular formula is C19H16FN3. The smallest absolute Gasteiger partial charge is 0.123 e. The fourth-order valence-electron chi connectivity index (χ4n) is 2.77. The number of pyridine rings is 1. The van der Waals surface area contributed by atoms with Gasteiger partial charge in [-0.1, -0.05) is 12.1 Å². The normalized spacial score (nSPS) is 12.1. The molecule has 2 aromatic carbocycles. The molecular weight excluding hydrogens is 289 g/mol. The van der Waals surface area contributed by atoms with Crippen LogP contribution in [-0.2, 0) is 0 Å². The lowest BCUT2D eigenvalue weighted by Gasteiger charge is -2.14. The van der Waals surface area contributed by atoms with Crippen molar-refractivity contribution < 1.29 is 4.39 Å². The average molecular weight is 305 g/mol. The van der Waals surface area contributed by atoms with Gasteiger partial charge in [-0.3, -0.25) is 4.98 Å². The van der Waals surface area contributed by atoms with Crippen molar-refractivity contribution in [3.63, 3.8) is 0 Å². The van der Waals surface area contributed by atoms with E-state index in [1.165, 1.54) is 12.1 Å². The van der Waals surface area contributed by atoms with Crippen LogP contribution in [0.3, 0.4) is 0 Å². The molecule has 0 bridgehead atoms. The Bertz CT molecular complexity index is 922. The third-order valence-electron chi connectivity index (χ3n) is 3.87. The standard InChI is InChI=1S/C19H16FN3/c1-11-7-16(12(2)22)18-9-17(13-3-5-15(20)6-4-13)14(10-21)8-19(18)23-11/h3-9,12H,22H2,1-2H3. The Morgan fingerprint density at radius 3 is 2.48 bits per heavy atom. The van der Waals surface area contributed by atoms with Gasteiger partial charge in [-0.2, -0.15) is 5.26 Å². The van der Waals surface area contributed by atoms with Gasteiger partial charge in [-0.15, -0.1) is 0 Å². The Morgan fingerprint density at radius 2 is 1.87 bits per heavy atom. The Labute approximate surface area is 134 Å². The predicted octanol–water partition coefficient (Wildman–Crippen LogP) is 4.24. The van der Waals surface area contributed by atoms with Gasteiger partial charge in [0.2, 0.25) is 0 Å². The number of nitrogens with zero attached hydrogens (tertiary/aromatic N) is 2. The van der Waals surface area contributed by atoms with Crippen LogP contribution >= 0.6 is 0 Å². The molecule has 1 atom stereocenters. The molecule has 0 saturated heterocycles. The molecule has 0 radical (unpaired) electrons. The van der Waals surface area contributed by atoms with Gasteiger partial charge < -0.3 is 5.73 Å². The summed E-state index contributed by atoms with van der Waals surface area (Å²) in [5, 5.41) is 10.4. The second-order valence-electron chi connectivity index (χ2n) is 5.68. The number of hydrogen-bond donors (Lipinski definition) is 1. The van der Waals surface area contributed by atoms with Gasteiger partial charge in [-0.25, -0.2) is 4.39 Å². The van der Waals surface area contributed by atoms with Crippen LogP contribution in [0.4, 0.5) is 4.39 Å². The average Bonchev–Trinajstić information content (AvgIpc) is 2.53. The number of nitrogens with two attached hydrogens (primary N) is 1. The van der Waals surface area contributed by atoms with Gasteiger partial charge >= 0.3 is 0 Å². The Kier molecular flexibility index (Phi) is 3.81. The molecule has 1 aromatic heterocycles. The monoisotopic (exact) mass is 305 g/mol. The van der Waals surface area contributed by atoms with Crippen LogP contribution in [0.1, 0.15) is 29.8 Å². The Hall–Kier alpha value is -2.77. The van der Waals surface area contributed by atoms with E-state index in [2.05, 4.69) is 11.1 Å². The van der Waals surface area contributed by atoms with Crippen LogP contribution in [0.15, 0.2) is 42.5 Å². The summed E-state index contributed by atoms with van der Waals surface area (Å²) < 4.78 is 13.2. The minimum Gasteiger partial charge on any atom is -0.324 e. The number of halogens is 1. The van der Waals surface area contributed by atoms with Crippen LogP contribution in [-0.4, -0.2) is 4.98 Å². The van der Waals surface area contributed by atoms with Crippen molar-refractivity contribution in [3.8, 4) is 17.2 Å². The van der Waals surface area contributed by atoms with Gasteiger partial charge in [0.15, 0.2) is 0 Å². The van der Waals surface area contributed by atoms with Crippen molar-refractivity contribution in [1.29, 1.82) is 5.26 Å². The number of hydrogen-bond acceptors (Lipinski definition) is 3. The third kappa shape index (κ3) is 2.79. The van der Waals surface area contributed by atoms with E-state index in [1.807, 2.05) is 26.0 Å². The topological polar surface area (TPSA) is 62.7 Å². The maximum Gasteiger partial charge on any atom is 0.123 e. The van der Waals surface area contributed by atoms with Crippen molar-refractivity contribution >= 4 is 10.9 Å². The molecule has 3 nitrogen and oxygen atoms in total. The molecule has 0 aliphatic rings. The SMILES string of the molecule is Cc1cc(C(C)N)c2cc(-c3ccc(F)cc3)c(C#N)cc2n1. The Balaban J connectivity index is 2.34. The van der Waals surface area contributed by atoms with E-state index in [4.69, 9.17) is 5.73 Å². The molecule has 0 aliphatic heterocycles. The summed E-state index contributed by atoms with van der Waals surface area (Å²) in [6.45, 7) is 3.83. The lowest BCUT2D eigenvalue weighted by molar-refractivity contribution is 0.628. The molecule has 0 spiro atoms. The highest BCUT2D eigenvalue weighted by molar-refractivity contribution is 5.90. The highest BCUT2D eigenvalue weighted by Gasteiger charge is 2.13. The molecule has 23 heavy (non-hydrogen) atoms. The zero-order chi connectivity index (χ0) is 16.6. The Morgan fingerprint density at radius 1 is 1.17 bits per heavy atom. The lowest BCUT2D eigenvalue weighted by atomic mass is 9.94. The molecule has 0 saturated carbocycles.